The molecule has 0 saturated heterocycles. The third-order valence-corrected chi connectivity index (χ3v) is 4.54. The summed E-state index contributed by atoms with van der Waals surface area (Å²) in [4.78, 5) is 23.9. The van der Waals surface area contributed by atoms with Gasteiger partial charge in [0.1, 0.15) is 0 Å². The number of aliphatic hydroxyl groups excluding tert-OH is 1. The summed E-state index contributed by atoms with van der Waals surface area (Å²) in [5, 5.41) is 17.8. The lowest BCUT2D eigenvalue weighted by Gasteiger charge is -2.14. The molecule has 0 radical (unpaired) electrons. The molecule has 0 aliphatic heterocycles. The zero-order valence-corrected chi connectivity index (χ0v) is 15.2. The summed E-state index contributed by atoms with van der Waals surface area (Å²) < 4.78 is 0. The number of fused-ring (bicyclic) bond motifs is 1. The van der Waals surface area contributed by atoms with Crippen molar-refractivity contribution in [3.8, 4) is 0 Å². The maximum absolute atomic E-state index is 11.9. The minimum Gasteiger partial charge on any atom is -0.388 e. The van der Waals surface area contributed by atoms with Crippen molar-refractivity contribution in [2.24, 2.45) is 0 Å². The average molecular weight is 383 g/mol. The zero-order chi connectivity index (χ0) is 19.2. The monoisotopic (exact) mass is 382 g/mol. The van der Waals surface area contributed by atoms with Crippen molar-refractivity contribution in [3.05, 3.63) is 77.3 Å². The molecule has 0 fully saturated rings. The summed E-state index contributed by atoms with van der Waals surface area (Å²) >= 11 is 5.95. The Kier molecular flexibility index (Phi) is 6.06. The molecule has 0 bridgehead atoms. The highest BCUT2D eigenvalue weighted by Gasteiger charge is 2.16. The van der Waals surface area contributed by atoms with Crippen LogP contribution in [0, 0.1) is 0 Å². The molecule has 27 heavy (non-hydrogen) atoms. The van der Waals surface area contributed by atoms with Crippen LogP contribution in [0.5, 0.6) is 0 Å². The highest BCUT2D eigenvalue weighted by atomic mass is 35.5. The van der Waals surface area contributed by atoms with E-state index in [1.807, 2.05) is 42.5 Å². The molecule has 0 aromatic heterocycles. The van der Waals surface area contributed by atoms with Crippen LogP contribution in [0.2, 0.25) is 5.02 Å². The van der Waals surface area contributed by atoms with Gasteiger partial charge in [-0.05, 0) is 34.9 Å². The van der Waals surface area contributed by atoms with Crippen molar-refractivity contribution < 1.29 is 14.7 Å². The van der Waals surface area contributed by atoms with Crippen LogP contribution in [0.1, 0.15) is 18.1 Å². The third kappa shape index (κ3) is 4.64. The number of aliphatic hydroxyl groups is 1. The van der Waals surface area contributed by atoms with E-state index >= 15 is 0 Å². The standard InChI is InChI=1S/C21H19ClN2O3/c22-17-10-3-4-11-18(17)24-21(27)20(26)23-13-12-19(25)16-9-5-7-14-6-1-2-8-15(14)16/h1-11,19,25H,12-13H2,(H,23,26)(H,24,27). The second-order valence-corrected chi connectivity index (χ2v) is 6.47. The fourth-order valence-electron chi connectivity index (χ4n) is 2.84. The number of carbonyl (C=O) groups is 2. The second-order valence-electron chi connectivity index (χ2n) is 6.06. The summed E-state index contributed by atoms with van der Waals surface area (Å²) in [6, 6.07) is 20.2. The number of nitrogens with one attached hydrogen (secondary N) is 2. The van der Waals surface area contributed by atoms with Gasteiger partial charge in [0, 0.05) is 6.54 Å². The maximum Gasteiger partial charge on any atom is 0.313 e. The number of rotatable bonds is 5. The zero-order valence-electron chi connectivity index (χ0n) is 14.5. The van der Waals surface area contributed by atoms with Crippen LogP contribution in [-0.4, -0.2) is 23.5 Å². The molecule has 3 aromatic carbocycles. The average Bonchev–Trinajstić information content (AvgIpc) is 2.69. The van der Waals surface area contributed by atoms with Gasteiger partial charge in [-0.15, -0.1) is 0 Å². The Labute approximate surface area is 162 Å². The lowest BCUT2D eigenvalue weighted by molar-refractivity contribution is -0.136. The van der Waals surface area contributed by atoms with Crippen LogP contribution in [0.25, 0.3) is 10.8 Å². The Bertz CT molecular complexity index is 969. The molecule has 0 aliphatic carbocycles. The fraction of sp³-hybridized carbons (Fsp3) is 0.143. The van der Waals surface area contributed by atoms with Gasteiger partial charge in [0.2, 0.25) is 0 Å². The minimum atomic E-state index is -0.803. The van der Waals surface area contributed by atoms with Crippen LogP contribution in [0.4, 0.5) is 5.69 Å². The topological polar surface area (TPSA) is 78.4 Å². The van der Waals surface area contributed by atoms with Crippen molar-refractivity contribution in [2.75, 3.05) is 11.9 Å². The molecule has 3 rings (SSSR count). The molecule has 6 heteroatoms. The number of hydrogen-bond acceptors (Lipinski definition) is 3. The number of amides is 2. The van der Waals surface area contributed by atoms with Crippen LogP contribution < -0.4 is 10.6 Å². The quantitative estimate of drug-likeness (QED) is 0.589. The Morgan fingerprint density at radius 3 is 2.44 bits per heavy atom. The van der Waals surface area contributed by atoms with Crippen molar-refractivity contribution in [1.29, 1.82) is 0 Å². The van der Waals surface area contributed by atoms with E-state index < -0.39 is 17.9 Å². The number of para-hydroxylation sites is 1. The van der Waals surface area contributed by atoms with E-state index in [4.69, 9.17) is 11.6 Å². The third-order valence-electron chi connectivity index (χ3n) is 4.21. The molecule has 0 spiro atoms. The highest BCUT2D eigenvalue weighted by Crippen LogP contribution is 2.25. The van der Waals surface area contributed by atoms with Gasteiger partial charge in [0.05, 0.1) is 16.8 Å². The Balaban J connectivity index is 1.55. The first-order chi connectivity index (χ1) is 13.1. The van der Waals surface area contributed by atoms with Crippen molar-refractivity contribution in [2.45, 2.75) is 12.5 Å². The summed E-state index contributed by atoms with van der Waals surface area (Å²) in [6.45, 7) is 0.166. The lowest BCUT2D eigenvalue weighted by Crippen LogP contribution is -2.36. The van der Waals surface area contributed by atoms with Crippen molar-refractivity contribution in [1.82, 2.24) is 5.32 Å². The van der Waals surface area contributed by atoms with Gasteiger partial charge < -0.3 is 15.7 Å². The van der Waals surface area contributed by atoms with Gasteiger partial charge in [-0.2, -0.15) is 0 Å². The van der Waals surface area contributed by atoms with E-state index in [2.05, 4.69) is 10.6 Å². The molecule has 5 nitrogen and oxygen atoms in total. The molecule has 2 amide bonds. The predicted molar refractivity (Wildman–Crippen MR) is 107 cm³/mol. The number of hydrogen-bond donors (Lipinski definition) is 3. The number of benzene rings is 3. The van der Waals surface area contributed by atoms with Gasteiger partial charge in [0.15, 0.2) is 0 Å². The predicted octanol–water partition coefficient (Wildman–Crippen LogP) is 3.67. The summed E-state index contributed by atoms with van der Waals surface area (Å²) in [7, 11) is 0. The molecule has 138 valence electrons. The molecule has 0 aliphatic rings. The van der Waals surface area contributed by atoms with Crippen LogP contribution in [0.3, 0.4) is 0 Å². The van der Waals surface area contributed by atoms with Crippen molar-refractivity contribution in [3.63, 3.8) is 0 Å². The Morgan fingerprint density at radius 2 is 1.63 bits per heavy atom. The lowest BCUT2D eigenvalue weighted by atomic mass is 9.99. The first-order valence-corrected chi connectivity index (χ1v) is 8.93. The largest absolute Gasteiger partial charge is 0.388 e. The van der Waals surface area contributed by atoms with Gasteiger partial charge in [-0.25, -0.2) is 0 Å². The van der Waals surface area contributed by atoms with Gasteiger partial charge in [-0.3, -0.25) is 9.59 Å². The smallest absolute Gasteiger partial charge is 0.313 e. The Hall–Kier alpha value is -2.89. The molecule has 3 aromatic rings. The highest BCUT2D eigenvalue weighted by molar-refractivity contribution is 6.41. The van der Waals surface area contributed by atoms with E-state index in [9.17, 15) is 14.7 Å². The minimum absolute atomic E-state index is 0.166. The summed E-state index contributed by atoms with van der Waals surface area (Å²) in [5.41, 5.74) is 1.16. The molecule has 0 saturated carbocycles. The molecule has 0 heterocycles. The Morgan fingerprint density at radius 1 is 0.926 bits per heavy atom. The summed E-state index contributed by atoms with van der Waals surface area (Å²) in [6.07, 6.45) is -0.456. The molecule has 1 atom stereocenters. The van der Waals surface area contributed by atoms with Crippen LogP contribution >= 0.6 is 11.6 Å². The van der Waals surface area contributed by atoms with E-state index in [1.54, 1.807) is 24.3 Å². The first kappa shape index (κ1) is 18.9. The number of halogens is 1. The van der Waals surface area contributed by atoms with E-state index in [0.717, 1.165) is 16.3 Å². The second kappa shape index (κ2) is 8.66. The maximum atomic E-state index is 11.9. The number of anilines is 1. The van der Waals surface area contributed by atoms with Crippen LogP contribution in [-0.2, 0) is 9.59 Å². The number of carbonyl (C=O) groups excluding carboxylic acids is 2. The van der Waals surface area contributed by atoms with E-state index in [0.29, 0.717) is 17.1 Å². The molecular weight excluding hydrogens is 364 g/mol. The van der Waals surface area contributed by atoms with E-state index in [1.165, 1.54) is 0 Å². The van der Waals surface area contributed by atoms with Gasteiger partial charge >= 0.3 is 11.8 Å². The molecule has 3 N–H and O–H groups in total. The first-order valence-electron chi connectivity index (χ1n) is 8.55. The van der Waals surface area contributed by atoms with E-state index in [-0.39, 0.29) is 6.54 Å². The SMILES string of the molecule is O=C(NCCC(O)c1cccc2ccccc12)C(=O)Nc1ccccc1Cl. The molecule has 1 unspecified atom stereocenters. The van der Waals surface area contributed by atoms with Gasteiger partial charge in [0.25, 0.3) is 0 Å². The van der Waals surface area contributed by atoms with Gasteiger partial charge in [-0.1, -0.05) is 66.2 Å². The normalized spacial score (nSPS) is 11.8. The molecular formula is C21H19ClN2O3. The van der Waals surface area contributed by atoms with Crippen LogP contribution in [0.15, 0.2) is 66.7 Å². The summed E-state index contributed by atoms with van der Waals surface area (Å²) in [5.74, 6) is -1.58. The fourth-order valence-corrected chi connectivity index (χ4v) is 3.02. The van der Waals surface area contributed by atoms with Crippen molar-refractivity contribution >= 4 is 39.9 Å².